The summed E-state index contributed by atoms with van der Waals surface area (Å²) in [6, 6.07) is 8.39. The molecule has 2 aromatic rings. The largest absolute Gasteiger partial charge is 0.370 e. The van der Waals surface area contributed by atoms with Gasteiger partial charge in [-0.15, -0.1) is 0 Å². The van der Waals surface area contributed by atoms with Crippen LogP contribution in [0.3, 0.4) is 0 Å². The number of morpholine rings is 1. The Morgan fingerprint density at radius 3 is 2.97 bits per heavy atom. The fourth-order valence-electron chi connectivity index (χ4n) is 4.33. The van der Waals surface area contributed by atoms with Crippen LogP contribution in [0.1, 0.15) is 42.3 Å². The van der Waals surface area contributed by atoms with Crippen LogP contribution in [0.2, 0.25) is 0 Å². The summed E-state index contributed by atoms with van der Waals surface area (Å²) in [6.45, 7) is 6.56. The van der Waals surface area contributed by atoms with Crippen LogP contribution in [0.15, 0.2) is 34.1 Å². The lowest BCUT2D eigenvalue weighted by atomic mass is 10.0. The second-order valence-electron chi connectivity index (χ2n) is 8.02. The predicted molar refractivity (Wildman–Crippen MR) is 117 cm³/mol. The molecule has 2 aliphatic rings. The molecule has 0 amide bonds. The summed E-state index contributed by atoms with van der Waals surface area (Å²) in [5.41, 5.74) is 2.52. The lowest BCUT2D eigenvalue weighted by molar-refractivity contribution is -0.00831. The number of ether oxygens (including phenoxy) is 1. The molecule has 1 saturated heterocycles. The number of nitrogens with one attached hydrogen (secondary N) is 1. The number of hydrogen-bond acceptors (Lipinski definition) is 4. The van der Waals surface area contributed by atoms with Crippen LogP contribution in [-0.2, 0) is 24.2 Å². The molecule has 0 bridgehead atoms. The number of guanidine groups is 1. The van der Waals surface area contributed by atoms with Crippen molar-refractivity contribution in [3.8, 4) is 0 Å². The molecular weight excluding hydrogens is 380 g/mol. The maximum Gasteiger partial charge on any atom is 0.345 e. The molecule has 162 valence electrons. The second-order valence-corrected chi connectivity index (χ2v) is 8.02. The van der Waals surface area contributed by atoms with E-state index >= 15 is 0 Å². The molecule has 1 atom stereocenters. The van der Waals surface area contributed by atoms with Crippen molar-refractivity contribution in [2.24, 2.45) is 4.99 Å². The first-order valence-corrected chi connectivity index (χ1v) is 11.0. The Kier molecular flexibility index (Phi) is 6.52. The molecule has 1 unspecified atom stereocenters. The van der Waals surface area contributed by atoms with Gasteiger partial charge in [0.1, 0.15) is 11.9 Å². The highest BCUT2D eigenvalue weighted by Crippen LogP contribution is 2.24. The van der Waals surface area contributed by atoms with Crippen molar-refractivity contribution in [1.29, 1.82) is 0 Å². The highest BCUT2D eigenvalue weighted by molar-refractivity contribution is 5.80. The SMILES string of the molecule is CN=C(NCCCn1nc2n(c1=O)CCCC2)N1CCOC(c2ccccc2C)C1. The van der Waals surface area contributed by atoms with Gasteiger partial charge >= 0.3 is 5.69 Å². The summed E-state index contributed by atoms with van der Waals surface area (Å²) in [5, 5.41) is 7.96. The van der Waals surface area contributed by atoms with Gasteiger partial charge in [-0.2, -0.15) is 5.10 Å². The molecule has 2 aliphatic heterocycles. The zero-order chi connectivity index (χ0) is 20.9. The first-order chi connectivity index (χ1) is 14.7. The Hall–Kier alpha value is -2.61. The van der Waals surface area contributed by atoms with Gasteiger partial charge in [-0.25, -0.2) is 9.48 Å². The summed E-state index contributed by atoms with van der Waals surface area (Å²) in [5.74, 6) is 1.82. The zero-order valence-electron chi connectivity index (χ0n) is 18.0. The fraction of sp³-hybridized carbons (Fsp3) is 0.591. The van der Waals surface area contributed by atoms with Crippen molar-refractivity contribution in [2.75, 3.05) is 33.3 Å². The van der Waals surface area contributed by atoms with Gasteiger partial charge in [0.25, 0.3) is 0 Å². The molecule has 3 heterocycles. The average molecular weight is 413 g/mol. The number of aryl methyl sites for hydroxylation is 3. The molecule has 1 aromatic carbocycles. The first-order valence-electron chi connectivity index (χ1n) is 11.0. The minimum absolute atomic E-state index is 0.0309. The van der Waals surface area contributed by atoms with Crippen LogP contribution in [0.4, 0.5) is 0 Å². The Balaban J connectivity index is 1.30. The van der Waals surface area contributed by atoms with Crippen molar-refractivity contribution in [3.05, 3.63) is 51.7 Å². The Labute approximate surface area is 177 Å². The van der Waals surface area contributed by atoms with Crippen LogP contribution in [0, 0.1) is 6.92 Å². The fourth-order valence-corrected chi connectivity index (χ4v) is 4.33. The molecule has 0 aliphatic carbocycles. The number of fused-ring (bicyclic) bond motifs is 1. The van der Waals surface area contributed by atoms with Gasteiger partial charge in [0.15, 0.2) is 5.96 Å². The van der Waals surface area contributed by atoms with Gasteiger partial charge in [0, 0.05) is 39.6 Å². The second kappa shape index (κ2) is 9.47. The summed E-state index contributed by atoms with van der Waals surface area (Å²) >= 11 is 0. The van der Waals surface area contributed by atoms with Crippen LogP contribution in [0.5, 0.6) is 0 Å². The van der Waals surface area contributed by atoms with Crippen molar-refractivity contribution in [1.82, 2.24) is 24.6 Å². The van der Waals surface area contributed by atoms with E-state index in [1.165, 1.54) is 11.1 Å². The summed E-state index contributed by atoms with van der Waals surface area (Å²) in [4.78, 5) is 19.2. The van der Waals surface area contributed by atoms with E-state index in [0.29, 0.717) is 13.2 Å². The Morgan fingerprint density at radius 2 is 2.17 bits per heavy atom. The normalized spacial score (nSPS) is 19.6. The van der Waals surface area contributed by atoms with E-state index in [1.54, 1.807) is 4.68 Å². The van der Waals surface area contributed by atoms with Crippen molar-refractivity contribution >= 4 is 5.96 Å². The third-order valence-electron chi connectivity index (χ3n) is 5.97. The molecule has 0 spiro atoms. The lowest BCUT2D eigenvalue weighted by Gasteiger charge is -2.35. The molecule has 0 radical (unpaired) electrons. The Bertz CT molecular complexity index is 947. The number of hydrogen-bond donors (Lipinski definition) is 1. The summed E-state index contributed by atoms with van der Waals surface area (Å²) in [7, 11) is 1.81. The van der Waals surface area contributed by atoms with Gasteiger partial charge in [-0.05, 0) is 37.3 Å². The molecule has 8 heteroatoms. The molecule has 1 N–H and O–H groups in total. The monoisotopic (exact) mass is 412 g/mol. The van der Waals surface area contributed by atoms with E-state index in [4.69, 9.17) is 4.74 Å². The van der Waals surface area contributed by atoms with Crippen molar-refractivity contribution in [2.45, 2.75) is 51.8 Å². The first kappa shape index (κ1) is 20.7. The van der Waals surface area contributed by atoms with Crippen LogP contribution in [-0.4, -0.2) is 58.5 Å². The van der Waals surface area contributed by atoms with Gasteiger partial charge < -0.3 is 15.0 Å². The number of benzene rings is 1. The van der Waals surface area contributed by atoms with Crippen LogP contribution >= 0.6 is 0 Å². The average Bonchev–Trinajstić information content (AvgIpc) is 3.10. The van der Waals surface area contributed by atoms with Gasteiger partial charge in [-0.1, -0.05) is 24.3 Å². The quantitative estimate of drug-likeness (QED) is 0.460. The standard InChI is InChI=1S/C22H32N6O2/c1-17-8-3-4-9-18(17)19-16-26(14-15-30-19)21(23-2)24-11-7-13-28-22(29)27-12-6-5-10-20(27)25-28/h3-4,8-9,19H,5-7,10-16H2,1-2H3,(H,23,24). The van der Waals surface area contributed by atoms with E-state index in [0.717, 1.165) is 63.6 Å². The molecule has 1 aromatic heterocycles. The minimum Gasteiger partial charge on any atom is -0.370 e. The zero-order valence-corrected chi connectivity index (χ0v) is 18.0. The van der Waals surface area contributed by atoms with Gasteiger partial charge in [0.2, 0.25) is 0 Å². The predicted octanol–water partition coefficient (Wildman–Crippen LogP) is 1.73. The van der Waals surface area contributed by atoms with Gasteiger partial charge in [0.05, 0.1) is 13.2 Å². The third-order valence-corrected chi connectivity index (χ3v) is 5.97. The maximum absolute atomic E-state index is 12.4. The highest BCUT2D eigenvalue weighted by Gasteiger charge is 2.25. The number of aromatic nitrogens is 3. The Morgan fingerprint density at radius 1 is 1.30 bits per heavy atom. The van der Waals surface area contributed by atoms with Crippen molar-refractivity contribution < 1.29 is 4.74 Å². The lowest BCUT2D eigenvalue weighted by Crippen LogP contribution is -2.48. The molecule has 8 nitrogen and oxygen atoms in total. The van der Waals surface area contributed by atoms with Crippen LogP contribution < -0.4 is 11.0 Å². The van der Waals surface area contributed by atoms with E-state index in [2.05, 4.69) is 51.5 Å². The minimum atomic E-state index is 0.0309. The van der Waals surface area contributed by atoms with E-state index in [9.17, 15) is 4.79 Å². The van der Waals surface area contributed by atoms with E-state index < -0.39 is 0 Å². The molecule has 0 saturated carbocycles. The molecule has 4 rings (SSSR count). The highest BCUT2D eigenvalue weighted by atomic mass is 16.5. The number of aliphatic imine (C=N–C) groups is 1. The topological polar surface area (TPSA) is 76.7 Å². The van der Waals surface area contributed by atoms with E-state index in [1.807, 2.05) is 11.6 Å². The smallest absolute Gasteiger partial charge is 0.345 e. The number of nitrogens with zero attached hydrogens (tertiary/aromatic N) is 5. The molecular formula is C22H32N6O2. The van der Waals surface area contributed by atoms with Gasteiger partial charge in [-0.3, -0.25) is 9.56 Å². The molecule has 30 heavy (non-hydrogen) atoms. The third kappa shape index (κ3) is 4.43. The summed E-state index contributed by atoms with van der Waals surface area (Å²) in [6.07, 6.45) is 3.97. The molecule has 1 fully saturated rings. The van der Waals surface area contributed by atoms with E-state index in [-0.39, 0.29) is 11.8 Å². The van der Waals surface area contributed by atoms with Crippen LogP contribution in [0.25, 0.3) is 0 Å². The number of rotatable bonds is 5. The maximum atomic E-state index is 12.4. The summed E-state index contributed by atoms with van der Waals surface area (Å²) < 4.78 is 9.48. The van der Waals surface area contributed by atoms with Crippen molar-refractivity contribution in [3.63, 3.8) is 0 Å².